The second-order valence-electron chi connectivity index (χ2n) is 5.62. The van der Waals surface area contributed by atoms with Gasteiger partial charge in [-0.25, -0.2) is 18.4 Å². The lowest BCUT2D eigenvalue weighted by Crippen LogP contribution is -2.22. The highest BCUT2D eigenvalue weighted by molar-refractivity contribution is 7.89. The Kier molecular flexibility index (Phi) is 7.05. The smallest absolute Gasteiger partial charge is 0.343 e. The molecule has 1 heterocycles. The number of nitrogens with one attached hydrogen (secondary N) is 1. The Morgan fingerprint density at radius 1 is 1.32 bits per heavy atom. The Bertz CT molecular complexity index is 958. The van der Waals surface area contributed by atoms with Gasteiger partial charge in [-0.3, -0.25) is 4.79 Å². The van der Waals surface area contributed by atoms with Crippen molar-refractivity contribution in [2.75, 3.05) is 5.32 Å². The van der Waals surface area contributed by atoms with Crippen LogP contribution in [0.25, 0.3) is 0 Å². The minimum absolute atomic E-state index is 0.106. The van der Waals surface area contributed by atoms with Crippen LogP contribution in [0.2, 0.25) is 5.02 Å². The van der Waals surface area contributed by atoms with E-state index in [0.29, 0.717) is 5.76 Å². The molecule has 2 aromatic rings. The van der Waals surface area contributed by atoms with Crippen LogP contribution in [0.5, 0.6) is 0 Å². The molecule has 1 unspecified atom stereocenters. The fourth-order valence-electron chi connectivity index (χ4n) is 2.19. The molecule has 1 atom stereocenters. The average molecular weight is 431 g/mol. The lowest BCUT2D eigenvalue weighted by Gasteiger charge is -2.17. The van der Waals surface area contributed by atoms with Crippen molar-refractivity contribution in [2.45, 2.75) is 38.0 Å². The number of carbonyl (C=O) groups is 2. The quantitative estimate of drug-likeness (QED) is 0.481. The number of nitrogens with two attached hydrogens (primary N) is 1. The van der Waals surface area contributed by atoms with Crippen LogP contribution in [-0.2, 0) is 30.8 Å². The molecule has 0 aliphatic heterocycles. The summed E-state index contributed by atoms with van der Waals surface area (Å²) in [4.78, 5) is 23.4. The van der Waals surface area contributed by atoms with Crippen molar-refractivity contribution < 1.29 is 31.9 Å². The second-order valence-corrected chi connectivity index (χ2v) is 7.56. The van der Waals surface area contributed by atoms with E-state index in [1.165, 1.54) is 19.3 Å². The normalized spacial score (nSPS) is 12.3. The lowest BCUT2D eigenvalue weighted by atomic mass is 10.1. The molecule has 9 nitrogen and oxygen atoms in total. The summed E-state index contributed by atoms with van der Waals surface area (Å²) in [5, 5.41) is 7.89. The maximum atomic E-state index is 12.5. The molecule has 0 amide bonds. The predicted octanol–water partition coefficient (Wildman–Crippen LogP) is 2.65. The molecular weight excluding hydrogens is 412 g/mol. The minimum atomic E-state index is -4.19. The zero-order valence-corrected chi connectivity index (χ0v) is 16.7. The number of benzene rings is 1. The summed E-state index contributed by atoms with van der Waals surface area (Å²) in [6.45, 7) is 3.14. The summed E-state index contributed by atoms with van der Waals surface area (Å²) < 4.78 is 38.6. The van der Waals surface area contributed by atoms with Crippen LogP contribution in [0.15, 0.2) is 39.8 Å². The van der Waals surface area contributed by atoms with Crippen molar-refractivity contribution in [3.05, 3.63) is 46.9 Å². The van der Waals surface area contributed by atoms with E-state index in [-0.39, 0.29) is 29.2 Å². The maximum Gasteiger partial charge on any atom is 0.343 e. The van der Waals surface area contributed by atoms with Crippen LogP contribution in [0.3, 0.4) is 0 Å². The van der Waals surface area contributed by atoms with Crippen molar-refractivity contribution >= 4 is 39.3 Å². The molecule has 1 aromatic carbocycles. The number of esters is 2. The number of hydrogen-bond acceptors (Lipinski definition) is 8. The summed E-state index contributed by atoms with van der Waals surface area (Å²) in [5.41, 5.74) is 0.0344. The molecule has 152 valence electrons. The van der Waals surface area contributed by atoms with Crippen molar-refractivity contribution in [1.82, 2.24) is 0 Å². The van der Waals surface area contributed by atoms with Gasteiger partial charge < -0.3 is 19.2 Å². The van der Waals surface area contributed by atoms with Gasteiger partial charge in [-0.15, -0.1) is 0 Å². The number of furan rings is 1. The van der Waals surface area contributed by atoms with Crippen LogP contribution in [0.4, 0.5) is 5.69 Å². The van der Waals surface area contributed by atoms with Gasteiger partial charge in [0.1, 0.15) is 10.7 Å². The summed E-state index contributed by atoms with van der Waals surface area (Å²) in [6, 6.07) is 5.63. The zero-order valence-electron chi connectivity index (χ0n) is 15.1. The third-order valence-electron chi connectivity index (χ3n) is 3.49. The van der Waals surface area contributed by atoms with E-state index in [1.807, 2.05) is 0 Å². The third-order valence-corrected chi connectivity index (χ3v) is 4.87. The van der Waals surface area contributed by atoms with Gasteiger partial charge in [-0.05, 0) is 24.3 Å². The maximum absolute atomic E-state index is 12.5. The van der Waals surface area contributed by atoms with Gasteiger partial charge in [0.05, 0.1) is 29.1 Å². The van der Waals surface area contributed by atoms with Crippen molar-refractivity contribution in [2.24, 2.45) is 5.14 Å². The third kappa shape index (κ3) is 5.72. The minimum Gasteiger partial charge on any atom is -0.467 e. The number of hydrogen-bond donors (Lipinski definition) is 2. The molecule has 1 aromatic heterocycles. The lowest BCUT2D eigenvalue weighted by molar-refractivity contribution is -0.165. The van der Waals surface area contributed by atoms with Gasteiger partial charge >= 0.3 is 11.9 Å². The predicted molar refractivity (Wildman–Crippen MR) is 100 cm³/mol. The summed E-state index contributed by atoms with van der Waals surface area (Å²) in [6.07, 6.45) is 0.410. The number of carbonyl (C=O) groups excluding carboxylic acids is 2. The van der Waals surface area contributed by atoms with Crippen LogP contribution in [-0.4, -0.2) is 26.6 Å². The van der Waals surface area contributed by atoms with E-state index >= 15 is 0 Å². The van der Waals surface area contributed by atoms with E-state index in [9.17, 15) is 18.0 Å². The van der Waals surface area contributed by atoms with Crippen molar-refractivity contribution in [3.8, 4) is 0 Å². The topological polar surface area (TPSA) is 138 Å². The Morgan fingerprint density at radius 2 is 2.04 bits per heavy atom. The van der Waals surface area contributed by atoms with Crippen LogP contribution in [0, 0.1) is 0 Å². The van der Waals surface area contributed by atoms with Crippen LogP contribution < -0.4 is 10.5 Å². The standard InChI is InChI=1S/C17H19ClN2O7S/c1-3-16(21)26-10(2)27-17(22)12-7-15(28(19,23)24)13(18)8-14(12)20-9-11-5-4-6-25-11/h4-8,10,20H,3,9H2,1-2H3,(H2,19,23,24). The van der Waals surface area contributed by atoms with E-state index < -0.39 is 33.1 Å². The molecule has 11 heteroatoms. The number of anilines is 1. The van der Waals surface area contributed by atoms with Gasteiger partial charge in [0.2, 0.25) is 16.3 Å². The van der Waals surface area contributed by atoms with E-state index in [2.05, 4.69) is 5.32 Å². The average Bonchev–Trinajstić information content (AvgIpc) is 3.11. The first-order valence-corrected chi connectivity index (χ1v) is 10.1. The molecule has 0 aliphatic carbocycles. The number of primary sulfonamides is 1. The van der Waals surface area contributed by atoms with Gasteiger partial charge in [-0.1, -0.05) is 18.5 Å². The molecule has 0 saturated heterocycles. The van der Waals surface area contributed by atoms with Gasteiger partial charge in [0.15, 0.2) is 0 Å². The number of sulfonamides is 1. The molecule has 0 spiro atoms. The fourth-order valence-corrected chi connectivity index (χ4v) is 3.29. The molecule has 0 radical (unpaired) electrons. The van der Waals surface area contributed by atoms with Gasteiger partial charge in [0.25, 0.3) is 0 Å². The van der Waals surface area contributed by atoms with E-state index in [0.717, 1.165) is 6.07 Å². The highest BCUT2D eigenvalue weighted by atomic mass is 35.5. The highest BCUT2D eigenvalue weighted by Crippen LogP contribution is 2.29. The summed E-state index contributed by atoms with van der Waals surface area (Å²) in [5.74, 6) is -0.922. The second kappa shape index (κ2) is 9.09. The number of rotatable bonds is 8. The first-order valence-electron chi connectivity index (χ1n) is 8.15. The van der Waals surface area contributed by atoms with Gasteiger partial charge in [-0.2, -0.15) is 0 Å². The van der Waals surface area contributed by atoms with Crippen LogP contribution in [0.1, 0.15) is 36.4 Å². The monoisotopic (exact) mass is 430 g/mol. The molecule has 3 N–H and O–H groups in total. The molecule has 0 fully saturated rings. The SMILES string of the molecule is CCC(=O)OC(C)OC(=O)c1cc(S(N)(=O)=O)c(Cl)cc1NCc1ccco1. The first kappa shape index (κ1) is 21.7. The molecule has 0 bridgehead atoms. The molecule has 2 rings (SSSR count). The largest absolute Gasteiger partial charge is 0.467 e. The highest BCUT2D eigenvalue weighted by Gasteiger charge is 2.23. The molecule has 0 saturated carbocycles. The molecule has 0 aliphatic rings. The molecule has 28 heavy (non-hydrogen) atoms. The molecular formula is C17H19ClN2O7S. The summed E-state index contributed by atoms with van der Waals surface area (Å²) >= 11 is 6.00. The first-order chi connectivity index (χ1) is 13.1. The summed E-state index contributed by atoms with van der Waals surface area (Å²) in [7, 11) is -4.19. The van der Waals surface area contributed by atoms with Crippen LogP contribution >= 0.6 is 11.6 Å². The van der Waals surface area contributed by atoms with E-state index in [4.69, 9.17) is 30.6 Å². The van der Waals surface area contributed by atoms with Crippen molar-refractivity contribution in [1.29, 1.82) is 0 Å². The Balaban J connectivity index is 2.34. The fraction of sp³-hybridized carbons (Fsp3) is 0.294. The van der Waals surface area contributed by atoms with Gasteiger partial charge in [0, 0.05) is 13.3 Å². The number of ether oxygens (including phenoxy) is 2. The zero-order chi connectivity index (χ0) is 20.9. The Hall–Kier alpha value is -2.56. The Labute approximate surface area is 166 Å². The van der Waals surface area contributed by atoms with E-state index in [1.54, 1.807) is 19.1 Å². The number of halogens is 1. The van der Waals surface area contributed by atoms with Crippen molar-refractivity contribution in [3.63, 3.8) is 0 Å². The Morgan fingerprint density at radius 3 is 2.61 bits per heavy atom.